The van der Waals surface area contributed by atoms with Crippen LogP contribution in [-0.2, 0) is 4.79 Å². The SMILES string of the molecule is CSCCCC(=O)Nc1cccc(C)c1C. The van der Waals surface area contributed by atoms with E-state index >= 15 is 0 Å². The zero-order valence-corrected chi connectivity index (χ0v) is 11.0. The summed E-state index contributed by atoms with van der Waals surface area (Å²) in [5.74, 6) is 1.16. The third-order valence-electron chi connectivity index (χ3n) is 2.63. The monoisotopic (exact) mass is 237 g/mol. The quantitative estimate of drug-likeness (QED) is 0.795. The van der Waals surface area contributed by atoms with Crippen molar-refractivity contribution in [2.45, 2.75) is 26.7 Å². The Morgan fingerprint density at radius 2 is 2.12 bits per heavy atom. The average molecular weight is 237 g/mol. The minimum Gasteiger partial charge on any atom is -0.326 e. The van der Waals surface area contributed by atoms with Crippen molar-refractivity contribution in [2.75, 3.05) is 17.3 Å². The Labute approximate surface area is 102 Å². The first-order chi connectivity index (χ1) is 7.65. The lowest BCUT2D eigenvalue weighted by Crippen LogP contribution is -2.12. The minimum atomic E-state index is 0.114. The lowest BCUT2D eigenvalue weighted by atomic mass is 10.1. The number of benzene rings is 1. The normalized spacial score (nSPS) is 10.2. The Kier molecular flexibility index (Phi) is 5.39. The van der Waals surface area contributed by atoms with Gasteiger partial charge in [-0.3, -0.25) is 4.79 Å². The second-order valence-corrected chi connectivity index (χ2v) is 4.88. The fourth-order valence-electron chi connectivity index (χ4n) is 1.48. The molecule has 3 heteroatoms. The van der Waals surface area contributed by atoms with E-state index in [0.717, 1.165) is 23.4 Å². The van der Waals surface area contributed by atoms with Crippen molar-refractivity contribution in [3.63, 3.8) is 0 Å². The number of hydrogen-bond acceptors (Lipinski definition) is 2. The molecule has 0 aliphatic rings. The van der Waals surface area contributed by atoms with Crippen LogP contribution in [0.2, 0.25) is 0 Å². The molecule has 0 aromatic heterocycles. The number of carbonyl (C=O) groups excluding carboxylic acids is 1. The van der Waals surface area contributed by atoms with Crippen LogP contribution < -0.4 is 5.32 Å². The van der Waals surface area contributed by atoms with Gasteiger partial charge in [-0.1, -0.05) is 12.1 Å². The van der Waals surface area contributed by atoms with Crippen LogP contribution in [0, 0.1) is 13.8 Å². The first-order valence-electron chi connectivity index (χ1n) is 5.50. The fraction of sp³-hybridized carbons (Fsp3) is 0.462. The Morgan fingerprint density at radius 3 is 2.81 bits per heavy atom. The van der Waals surface area contributed by atoms with Gasteiger partial charge in [0.15, 0.2) is 0 Å². The van der Waals surface area contributed by atoms with Crippen molar-refractivity contribution < 1.29 is 4.79 Å². The number of amides is 1. The van der Waals surface area contributed by atoms with Gasteiger partial charge in [0.1, 0.15) is 0 Å². The highest BCUT2D eigenvalue weighted by Crippen LogP contribution is 2.18. The van der Waals surface area contributed by atoms with Gasteiger partial charge in [-0.15, -0.1) is 0 Å². The van der Waals surface area contributed by atoms with Crippen LogP contribution >= 0.6 is 11.8 Å². The Balaban J connectivity index is 2.53. The largest absolute Gasteiger partial charge is 0.326 e. The van der Waals surface area contributed by atoms with Crippen molar-refractivity contribution in [3.05, 3.63) is 29.3 Å². The van der Waals surface area contributed by atoms with E-state index in [1.807, 2.05) is 19.1 Å². The number of carbonyl (C=O) groups is 1. The number of hydrogen-bond donors (Lipinski definition) is 1. The summed E-state index contributed by atoms with van der Waals surface area (Å²) in [5, 5.41) is 2.96. The lowest BCUT2D eigenvalue weighted by Gasteiger charge is -2.10. The van der Waals surface area contributed by atoms with E-state index in [1.54, 1.807) is 11.8 Å². The molecule has 1 aromatic rings. The number of anilines is 1. The summed E-state index contributed by atoms with van der Waals surface area (Å²) < 4.78 is 0. The van der Waals surface area contributed by atoms with E-state index in [9.17, 15) is 4.79 Å². The topological polar surface area (TPSA) is 29.1 Å². The summed E-state index contributed by atoms with van der Waals surface area (Å²) in [6, 6.07) is 5.98. The first-order valence-corrected chi connectivity index (χ1v) is 6.89. The van der Waals surface area contributed by atoms with Crippen molar-refractivity contribution >= 4 is 23.4 Å². The van der Waals surface area contributed by atoms with Gasteiger partial charge in [-0.05, 0) is 49.5 Å². The molecular weight excluding hydrogens is 218 g/mol. The molecule has 0 atom stereocenters. The van der Waals surface area contributed by atoms with Crippen LogP contribution in [-0.4, -0.2) is 17.9 Å². The molecule has 0 saturated heterocycles. The van der Waals surface area contributed by atoms with E-state index in [2.05, 4.69) is 24.6 Å². The molecule has 0 aliphatic heterocycles. The Bertz CT molecular complexity index is 363. The number of rotatable bonds is 5. The zero-order valence-electron chi connectivity index (χ0n) is 10.2. The van der Waals surface area contributed by atoms with E-state index in [-0.39, 0.29) is 5.91 Å². The van der Waals surface area contributed by atoms with Gasteiger partial charge in [-0.25, -0.2) is 0 Å². The molecule has 2 nitrogen and oxygen atoms in total. The highest BCUT2D eigenvalue weighted by Gasteiger charge is 2.05. The number of aryl methyl sites for hydroxylation is 1. The molecule has 16 heavy (non-hydrogen) atoms. The van der Waals surface area contributed by atoms with Crippen molar-refractivity contribution in [2.24, 2.45) is 0 Å². The molecule has 0 fully saturated rings. The summed E-state index contributed by atoms with van der Waals surface area (Å²) in [6.07, 6.45) is 3.61. The molecule has 0 spiro atoms. The molecule has 0 unspecified atom stereocenters. The van der Waals surface area contributed by atoms with Crippen LogP contribution in [0.5, 0.6) is 0 Å². The molecular formula is C13H19NOS. The van der Waals surface area contributed by atoms with Crippen LogP contribution in [0.4, 0.5) is 5.69 Å². The van der Waals surface area contributed by atoms with Crippen LogP contribution in [0.1, 0.15) is 24.0 Å². The Hall–Kier alpha value is -0.960. The predicted molar refractivity (Wildman–Crippen MR) is 72.2 cm³/mol. The van der Waals surface area contributed by atoms with Gasteiger partial charge in [0.05, 0.1) is 0 Å². The molecule has 0 bridgehead atoms. The lowest BCUT2D eigenvalue weighted by molar-refractivity contribution is -0.116. The van der Waals surface area contributed by atoms with Crippen LogP contribution in [0.25, 0.3) is 0 Å². The van der Waals surface area contributed by atoms with Crippen molar-refractivity contribution in [1.82, 2.24) is 0 Å². The van der Waals surface area contributed by atoms with Crippen LogP contribution in [0.3, 0.4) is 0 Å². The maximum Gasteiger partial charge on any atom is 0.224 e. The molecule has 1 N–H and O–H groups in total. The highest BCUT2D eigenvalue weighted by atomic mass is 32.2. The second-order valence-electron chi connectivity index (χ2n) is 3.89. The zero-order chi connectivity index (χ0) is 12.0. The minimum absolute atomic E-state index is 0.114. The molecule has 1 aromatic carbocycles. The molecule has 0 saturated carbocycles. The molecule has 1 rings (SSSR count). The van der Waals surface area contributed by atoms with Crippen molar-refractivity contribution in [1.29, 1.82) is 0 Å². The van der Waals surface area contributed by atoms with E-state index in [0.29, 0.717) is 6.42 Å². The molecule has 0 aliphatic carbocycles. The number of nitrogens with one attached hydrogen (secondary N) is 1. The second kappa shape index (κ2) is 6.59. The maximum atomic E-state index is 11.6. The predicted octanol–water partition coefficient (Wildman–Crippen LogP) is 3.39. The van der Waals surface area contributed by atoms with E-state index < -0.39 is 0 Å². The summed E-state index contributed by atoms with van der Waals surface area (Å²) in [4.78, 5) is 11.6. The molecule has 0 heterocycles. The standard InChI is InChI=1S/C13H19NOS/c1-10-6-4-7-12(11(10)2)14-13(15)8-5-9-16-3/h4,6-7H,5,8-9H2,1-3H3,(H,14,15). The highest BCUT2D eigenvalue weighted by molar-refractivity contribution is 7.98. The third-order valence-corrected chi connectivity index (χ3v) is 3.33. The van der Waals surface area contributed by atoms with Gasteiger partial charge in [0.25, 0.3) is 0 Å². The van der Waals surface area contributed by atoms with E-state index in [1.165, 1.54) is 5.56 Å². The summed E-state index contributed by atoms with van der Waals surface area (Å²) >= 11 is 1.78. The summed E-state index contributed by atoms with van der Waals surface area (Å²) in [6.45, 7) is 4.09. The molecule has 88 valence electrons. The van der Waals surface area contributed by atoms with Crippen molar-refractivity contribution in [3.8, 4) is 0 Å². The van der Waals surface area contributed by atoms with Gasteiger partial charge >= 0.3 is 0 Å². The van der Waals surface area contributed by atoms with Crippen LogP contribution in [0.15, 0.2) is 18.2 Å². The average Bonchev–Trinajstić information content (AvgIpc) is 2.25. The maximum absolute atomic E-state index is 11.6. The molecule has 0 radical (unpaired) electrons. The van der Waals surface area contributed by atoms with Gasteiger partial charge in [0.2, 0.25) is 5.91 Å². The smallest absolute Gasteiger partial charge is 0.224 e. The molecule has 1 amide bonds. The Morgan fingerprint density at radius 1 is 1.38 bits per heavy atom. The summed E-state index contributed by atoms with van der Waals surface area (Å²) in [5.41, 5.74) is 3.30. The van der Waals surface area contributed by atoms with Gasteiger partial charge in [-0.2, -0.15) is 11.8 Å². The first kappa shape index (κ1) is 13.1. The number of thioether (sulfide) groups is 1. The summed E-state index contributed by atoms with van der Waals surface area (Å²) in [7, 11) is 0. The van der Waals surface area contributed by atoms with Gasteiger partial charge < -0.3 is 5.32 Å². The third kappa shape index (κ3) is 3.89. The van der Waals surface area contributed by atoms with E-state index in [4.69, 9.17) is 0 Å². The van der Waals surface area contributed by atoms with Gasteiger partial charge in [0, 0.05) is 12.1 Å². The fourth-order valence-corrected chi connectivity index (χ4v) is 1.91.